The van der Waals surface area contributed by atoms with Gasteiger partial charge in [-0.3, -0.25) is 9.13 Å². The van der Waals surface area contributed by atoms with Crippen LogP contribution >= 0.6 is 0 Å². The molecule has 0 unspecified atom stereocenters. The van der Waals surface area contributed by atoms with E-state index >= 15 is 0 Å². The topological polar surface area (TPSA) is 65.6 Å². The molecule has 6 nitrogen and oxygen atoms in total. The van der Waals surface area contributed by atoms with E-state index in [4.69, 9.17) is 15.0 Å². The first-order valence-electron chi connectivity index (χ1n) is 15.9. The molecule has 8 aromatic rings. The molecule has 6 aromatic carbocycles. The number of aromatic nitrogens is 5. The van der Waals surface area contributed by atoms with E-state index in [-0.39, 0.29) is 5.69 Å². The number of hydrogen-bond donors (Lipinski definition) is 0. The number of para-hydroxylation sites is 1. The Morgan fingerprint density at radius 1 is 0.396 bits per heavy atom. The van der Waals surface area contributed by atoms with Crippen LogP contribution in [0.15, 0.2) is 156 Å². The number of fused-ring (bicyclic) bond motifs is 1. The van der Waals surface area contributed by atoms with Crippen molar-refractivity contribution in [3.63, 3.8) is 0 Å². The van der Waals surface area contributed by atoms with E-state index in [1.54, 1.807) is 9.13 Å². The lowest BCUT2D eigenvalue weighted by molar-refractivity contribution is 0.795. The zero-order chi connectivity index (χ0) is 32.6. The quantitative estimate of drug-likeness (QED) is 0.186. The summed E-state index contributed by atoms with van der Waals surface area (Å²) >= 11 is 0. The minimum Gasteiger partial charge on any atom is -0.295 e. The van der Waals surface area contributed by atoms with Crippen LogP contribution in [0.25, 0.3) is 78.6 Å². The zero-order valence-electron chi connectivity index (χ0n) is 26.6. The van der Waals surface area contributed by atoms with Gasteiger partial charge >= 0.3 is 5.69 Å². The van der Waals surface area contributed by atoms with E-state index < -0.39 is 0 Å². The minimum absolute atomic E-state index is 0.0314. The van der Waals surface area contributed by atoms with Crippen LogP contribution in [0.4, 0.5) is 0 Å². The summed E-state index contributed by atoms with van der Waals surface area (Å²) in [6.07, 6.45) is 0. The molecule has 0 saturated heterocycles. The number of rotatable bonds is 6. The summed E-state index contributed by atoms with van der Waals surface area (Å²) in [7, 11) is 3.63. The summed E-state index contributed by atoms with van der Waals surface area (Å²) in [4.78, 5) is 27.4. The van der Waals surface area contributed by atoms with Crippen molar-refractivity contribution >= 4 is 11.0 Å². The summed E-state index contributed by atoms with van der Waals surface area (Å²) in [6, 6.07) is 51.6. The maximum Gasteiger partial charge on any atom is 0.328 e. The van der Waals surface area contributed by atoms with Gasteiger partial charge in [-0.2, -0.15) is 0 Å². The SMILES string of the molecule is Cn1c(=O)n(C)c2c(-c3ccc(-c4ccc(-c5nc(-c6ccccc6)nc(-c6cccc(-c7ccccc7)c6)n5)cc4)cc3)cccc21. The van der Waals surface area contributed by atoms with Gasteiger partial charge in [0.15, 0.2) is 17.5 Å². The number of hydrogen-bond acceptors (Lipinski definition) is 4. The summed E-state index contributed by atoms with van der Waals surface area (Å²) in [5.74, 6) is 1.88. The molecule has 0 amide bonds. The molecular weight excluding hydrogens is 590 g/mol. The lowest BCUT2D eigenvalue weighted by Gasteiger charge is -2.10. The lowest BCUT2D eigenvalue weighted by Crippen LogP contribution is -2.19. The largest absolute Gasteiger partial charge is 0.328 e. The molecule has 0 atom stereocenters. The summed E-state index contributed by atoms with van der Waals surface area (Å²) in [5, 5.41) is 0. The van der Waals surface area contributed by atoms with Crippen molar-refractivity contribution in [1.82, 2.24) is 24.1 Å². The van der Waals surface area contributed by atoms with Crippen LogP contribution in [0, 0.1) is 0 Å². The van der Waals surface area contributed by atoms with E-state index in [1.165, 1.54) is 0 Å². The Labute approximate surface area is 278 Å². The Morgan fingerprint density at radius 3 is 1.46 bits per heavy atom. The average Bonchev–Trinajstić information content (AvgIpc) is 3.39. The highest BCUT2D eigenvalue weighted by atomic mass is 16.1. The Balaban J connectivity index is 1.14. The number of nitrogens with zero attached hydrogens (tertiary/aromatic N) is 5. The highest BCUT2D eigenvalue weighted by Crippen LogP contribution is 2.32. The molecule has 0 N–H and O–H groups in total. The molecular formula is C42H31N5O. The molecule has 2 aromatic heterocycles. The standard InChI is InChI=1S/C42H31N5O/c1-46-37-18-10-17-36(38(37)47(2)42(46)48)31-23-19-29(20-24-31)30-21-25-33(26-22-30)40-43-39(32-13-7-4-8-14-32)44-41(45-40)35-16-9-15-34(27-35)28-11-5-3-6-12-28/h3-27H,1-2H3. The second kappa shape index (κ2) is 12.1. The minimum atomic E-state index is -0.0314. The third kappa shape index (κ3) is 5.29. The Hall–Kier alpha value is -6.40. The fourth-order valence-corrected chi connectivity index (χ4v) is 6.28. The van der Waals surface area contributed by atoms with Gasteiger partial charge in [-0.25, -0.2) is 19.7 Å². The van der Waals surface area contributed by atoms with Crippen LogP contribution in [-0.2, 0) is 14.1 Å². The maximum atomic E-state index is 12.6. The van der Waals surface area contributed by atoms with Gasteiger partial charge in [0.25, 0.3) is 0 Å². The van der Waals surface area contributed by atoms with Crippen LogP contribution in [0.2, 0.25) is 0 Å². The summed E-state index contributed by atoms with van der Waals surface area (Å²) in [5.41, 5.74) is 11.1. The molecule has 0 radical (unpaired) electrons. The third-order valence-electron chi connectivity index (χ3n) is 8.85. The van der Waals surface area contributed by atoms with Crippen LogP contribution in [0.1, 0.15) is 0 Å². The van der Waals surface area contributed by atoms with Crippen LogP contribution in [-0.4, -0.2) is 24.1 Å². The van der Waals surface area contributed by atoms with Crippen LogP contribution in [0.3, 0.4) is 0 Å². The van der Waals surface area contributed by atoms with Crippen LogP contribution in [0.5, 0.6) is 0 Å². The first-order valence-corrected chi connectivity index (χ1v) is 15.9. The summed E-state index contributed by atoms with van der Waals surface area (Å²) in [6.45, 7) is 0. The lowest BCUT2D eigenvalue weighted by atomic mass is 9.98. The van der Waals surface area contributed by atoms with Gasteiger partial charge in [0.05, 0.1) is 11.0 Å². The molecule has 0 spiro atoms. The molecule has 6 heteroatoms. The van der Waals surface area contributed by atoms with Gasteiger partial charge in [-0.05, 0) is 39.9 Å². The fraction of sp³-hybridized carbons (Fsp3) is 0.0476. The second-order valence-electron chi connectivity index (χ2n) is 11.8. The van der Waals surface area contributed by atoms with Crippen molar-refractivity contribution in [3.05, 3.63) is 162 Å². The average molecular weight is 622 g/mol. The van der Waals surface area contributed by atoms with Crippen molar-refractivity contribution in [1.29, 1.82) is 0 Å². The number of imidazole rings is 1. The third-order valence-corrected chi connectivity index (χ3v) is 8.85. The normalized spacial score (nSPS) is 11.2. The first kappa shape index (κ1) is 29.0. The number of aryl methyl sites for hydroxylation is 2. The van der Waals surface area contributed by atoms with Crippen molar-refractivity contribution in [3.8, 4) is 67.5 Å². The van der Waals surface area contributed by atoms with Crippen molar-refractivity contribution in [2.75, 3.05) is 0 Å². The molecule has 230 valence electrons. The molecule has 0 bridgehead atoms. The van der Waals surface area contributed by atoms with Crippen molar-refractivity contribution in [2.24, 2.45) is 14.1 Å². The fourth-order valence-electron chi connectivity index (χ4n) is 6.28. The smallest absolute Gasteiger partial charge is 0.295 e. The Morgan fingerprint density at radius 2 is 0.833 bits per heavy atom. The predicted molar refractivity (Wildman–Crippen MR) is 194 cm³/mol. The number of benzene rings is 6. The van der Waals surface area contributed by atoms with E-state index in [0.717, 1.165) is 61.1 Å². The monoisotopic (exact) mass is 621 g/mol. The molecule has 0 aliphatic heterocycles. The van der Waals surface area contributed by atoms with Gasteiger partial charge in [0.1, 0.15) is 0 Å². The van der Waals surface area contributed by atoms with Gasteiger partial charge in [0.2, 0.25) is 0 Å². The van der Waals surface area contributed by atoms with Crippen molar-refractivity contribution in [2.45, 2.75) is 0 Å². The highest BCUT2D eigenvalue weighted by molar-refractivity contribution is 5.93. The Kier molecular flexibility index (Phi) is 7.31. The van der Waals surface area contributed by atoms with Crippen molar-refractivity contribution < 1.29 is 0 Å². The molecule has 8 rings (SSSR count). The van der Waals surface area contributed by atoms with Gasteiger partial charge in [-0.1, -0.05) is 140 Å². The maximum absolute atomic E-state index is 12.6. The first-order chi connectivity index (χ1) is 23.5. The van der Waals surface area contributed by atoms with E-state index in [1.807, 2.05) is 86.9 Å². The molecule has 0 saturated carbocycles. The highest BCUT2D eigenvalue weighted by Gasteiger charge is 2.15. The molecule has 0 fully saturated rings. The van der Waals surface area contributed by atoms with Gasteiger partial charge in [0, 0.05) is 36.3 Å². The van der Waals surface area contributed by atoms with Gasteiger partial charge < -0.3 is 0 Å². The second-order valence-corrected chi connectivity index (χ2v) is 11.8. The predicted octanol–water partition coefficient (Wildman–Crippen LogP) is 9.06. The van der Waals surface area contributed by atoms with E-state index in [9.17, 15) is 4.79 Å². The Bertz CT molecular complexity index is 2460. The molecule has 2 heterocycles. The van der Waals surface area contributed by atoms with E-state index in [0.29, 0.717) is 17.5 Å². The molecule has 0 aliphatic carbocycles. The van der Waals surface area contributed by atoms with E-state index in [2.05, 4.69) is 78.9 Å². The van der Waals surface area contributed by atoms with Gasteiger partial charge in [-0.15, -0.1) is 0 Å². The summed E-state index contributed by atoms with van der Waals surface area (Å²) < 4.78 is 3.40. The van der Waals surface area contributed by atoms with Crippen LogP contribution < -0.4 is 5.69 Å². The zero-order valence-corrected chi connectivity index (χ0v) is 26.6. The molecule has 0 aliphatic rings. The molecule has 48 heavy (non-hydrogen) atoms.